The minimum absolute atomic E-state index is 0.416. The van der Waals surface area contributed by atoms with E-state index in [1.807, 2.05) is 48.5 Å². The Kier molecular flexibility index (Phi) is 3.20. The van der Waals surface area contributed by atoms with Crippen LogP contribution in [0.1, 0.15) is 25.5 Å². The lowest BCUT2D eigenvalue weighted by molar-refractivity contribution is 0.459. The highest BCUT2D eigenvalue weighted by atomic mass is 16.5. The highest BCUT2D eigenvalue weighted by Crippen LogP contribution is 2.21. The normalized spacial score (nSPS) is 10.4. The number of hydrogen-bond acceptors (Lipinski definition) is 2. The highest BCUT2D eigenvalue weighted by molar-refractivity contribution is 5.27. The van der Waals surface area contributed by atoms with Gasteiger partial charge in [-0.15, -0.1) is 0 Å². The van der Waals surface area contributed by atoms with Crippen molar-refractivity contribution in [3.63, 3.8) is 0 Å². The Morgan fingerprint density at radius 1 is 0.938 bits per heavy atom. The Morgan fingerprint density at radius 3 is 2.38 bits per heavy atom. The molecule has 2 nitrogen and oxygen atoms in total. The maximum atomic E-state index is 5.66. The maximum absolute atomic E-state index is 5.66. The number of aromatic nitrogens is 1. The molecule has 1 heterocycles. The van der Waals surface area contributed by atoms with Gasteiger partial charge in [0.1, 0.15) is 5.75 Å². The summed E-state index contributed by atoms with van der Waals surface area (Å²) < 4.78 is 5.66. The van der Waals surface area contributed by atoms with Gasteiger partial charge in [-0.3, -0.25) is 0 Å². The van der Waals surface area contributed by atoms with Gasteiger partial charge in [0.25, 0.3) is 0 Å². The van der Waals surface area contributed by atoms with E-state index >= 15 is 0 Å². The van der Waals surface area contributed by atoms with Gasteiger partial charge in [0, 0.05) is 11.8 Å². The van der Waals surface area contributed by atoms with Crippen LogP contribution >= 0.6 is 0 Å². The molecule has 2 heteroatoms. The molecule has 0 N–H and O–H groups in total. The minimum Gasteiger partial charge on any atom is -0.439 e. The fourth-order valence-electron chi connectivity index (χ4n) is 1.42. The van der Waals surface area contributed by atoms with E-state index in [9.17, 15) is 0 Å². The van der Waals surface area contributed by atoms with Gasteiger partial charge in [0.05, 0.1) is 0 Å². The van der Waals surface area contributed by atoms with Crippen molar-refractivity contribution in [1.82, 2.24) is 4.98 Å². The predicted octanol–water partition coefficient (Wildman–Crippen LogP) is 4.00. The number of hydrogen-bond donors (Lipinski definition) is 0. The molecule has 0 radical (unpaired) electrons. The number of para-hydroxylation sites is 1. The van der Waals surface area contributed by atoms with Gasteiger partial charge in [-0.25, -0.2) is 4.98 Å². The SMILES string of the molecule is CC(C)c1cccc(Oc2ccccc2)n1. The van der Waals surface area contributed by atoms with Crippen LogP contribution in [0, 0.1) is 0 Å². The smallest absolute Gasteiger partial charge is 0.219 e. The summed E-state index contributed by atoms with van der Waals surface area (Å²) in [4.78, 5) is 4.45. The summed E-state index contributed by atoms with van der Waals surface area (Å²) in [6, 6.07) is 15.6. The predicted molar refractivity (Wildman–Crippen MR) is 64.8 cm³/mol. The van der Waals surface area contributed by atoms with Gasteiger partial charge >= 0.3 is 0 Å². The molecule has 1 aromatic carbocycles. The number of pyridine rings is 1. The maximum Gasteiger partial charge on any atom is 0.219 e. The van der Waals surface area contributed by atoms with Gasteiger partial charge in [-0.1, -0.05) is 38.1 Å². The Balaban J connectivity index is 2.19. The third-order valence-electron chi connectivity index (χ3n) is 2.30. The average molecular weight is 213 g/mol. The second-order valence-electron chi connectivity index (χ2n) is 3.97. The van der Waals surface area contributed by atoms with Crippen LogP contribution in [0.15, 0.2) is 48.5 Å². The Labute approximate surface area is 95.9 Å². The first kappa shape index (κ1) is 10.7. The van der Waals surface area contributed by atoms with E-state index in [1.54, 1.807) is 0 Å². The second kappa shape index (κ2) is 4.79. The van der Waals surface area contributed by atoms with Crippen molar-refractivity contribution in [1.29, 1.82) is 0 Å². The van der Waals surface area contributed by atoms with Gasteiger partial charge in [0.2, 0.25) is 5.88 Å². The molecule has 0 atom stereocenters. The van der Waals surface area contributed by atoms with Crippen molar-refractivity contribution >= 4 is 0 Å². The van der Waals surface area contributed by atoms with E-state index in [4.69, 9.17) is 4.74 Å². The summed E-state index contributed by atoms with van der Waals surface area (Å²) in [5.41, 5.74) is 1.05. The molecule has 16 heavy (non-hydrogen) atoms. The molecule has 0 fully saturated rings. The van der Waals surface area contributed by atoms with Crippen LogP contribution in [0.3, 0.4) is 0 Å². The van der Waals surface area contributed by atoms with Crippen molar-refractivity contribution in [3.05, 3.63) is 54.2 Å². The zero-order valence-electron chi connectivity index (χ0n) is 9.55. The minimum atomic E-state index is 0.416. The van der Waals surface area contributed by atoms with E-state index in [-0.39, 0.29) is 0 Å². The van der Waals surface area contributed by atoms with Crippen LogP contribution in [0.25, 0.3) is 0 Å². The van der Waals surface area contributed by atoms with Crippen molar-refractivity contribution in [3.8, 4) is 11.6 Å². The van der Waals surface area contributed by atoms with Gasteiger partial charge in [-0.05, 0) is 24.1 Å². The molecule has 0 saturated heterocycles. The van der Waals surface area contributed by atoms with Crippen LogP contribution in [-0.2, 0) is 0 Å². The van der Waals surface area contributed by atoms with Crippen molar-refractivity contribution in [2.75, 3.05) is 0 Å². The van der Waals surface area contributed by atoms with Gasteiger partial charge < -0.3 is 4.74 Å². The molecule has 0 amide bonds. The molecule has 0 saturated carbocycles. The standard InChI is InChI=1S/C14H15NO/c1-11(2)13-9-6-10-14(15-13)16-12-7-4-3-5-8-12/h3-11H,1-2H3. The summed E-state index contributed by atoms with van der Waals surface area (Å²) in [7, 11) is 0. The van der Waals surface area contributed by atoms with Crippen molar-refractivity contribution in [2.45, 2.75) is 19.8 Å². The average Bonchev–Trinajstić information content (AvgIpc) is 2.30. The number of nitrogens with zero attached hydrogens (tertiary/aromatic N) is 1. The van der Waals surface area contributed by atoms with Crippen molar-refractivity contribution < 1.29 is 4.74 Å². The zero-order valence-corrected chi connectivity index (χ0v) is 9.55. The Hall–Kier alpha value is -1.83. The lowest BCUT2D eigenvalue weighted by Crippen LogP contribution is -1.94. The fourth-order valence-corrected chi connectivity index (χ4v) is 1.42. The first-order valence-corrected chi connectivity index (χ1v) is 5.45. The molecule has 0 aliphatic carbocycles. The number of benzene rings is 1. The molecule has 82 valence electrons. The Bertz CT molecular complexity index is 451. The fraction of sp³-hybridized carbons (Fsp3) is 0.214. The second-order valence-corrected chi connectivity index (χ2v) is 3.97. The van der Waals surface area contributed by atoms with E-state index < -0.39 is 0 Å². The monoisotopic (exact) mass is 213 g/mol. The third-order valence-corrected chi connectivity index (χ3v) is 2.30. The topological polar surface area (TPSA) is 22.1 Å². The van der Waals surface area contributed by atoms with E-state index in [2.05, 4.69) is 18.8 Å². The van der Waals surface area contributed by atoms with Gasteiger partial charge in [-0.2, -0.15) is 0 Å². The van der Waals surface area contributed by atoms with Crippen LogP contribution in [-0.4, -0.2) is 4.98 Å². The van der Waals surface area contributed by atoms with Crippen LogP contribution in [0.2, 0.25) is 0 Å². The highest BCUT2D eigenvalue weighted by Gasteiger charge is 2.03. The zero-order chi connectivity index (χ0) is 11.4. The van der Waals surface area contributed by atoms with Crippen LogP contribution in [0.4, 0.5) is 0 Å². The molecule has 0 aliphatic rings. The molecule has 0 bridgehead atoms. The summed E-state index contributed by atoms with van der Waals surface area (Å²) in [5, 5.41) is 0. The largest absolute Gasteiger partial charge is 0.439 e. The Morgan fingerprint density at radius 2 is 1.69 bits per heavy atom. The lowest BCUT2D eigenvalue weighted by atomic mass is 10.1. The molecule has 0 aliphatic heterocycles. The first-order valence-electron chi connectivity index (χ1n) is 5.45. The van der Waals surface area contributed by atoms with E-state index in [0.29, 0.717) is 11.8 Å². The quantitative estimate of drug-likeness (QED) is 0.768. The molecule has 0 spiro atoms. The number of rotatable bonds is 3. The molecular weight excluding hydrogens is 198 g/mol. The molecule has 0 unspecified atom stereocenters. The first-order chi connectivity index (χ1) is 7.75. The summed E-state index contributed by atoms with van der Waals surface area (Å²) in [5.74, 6) is 1.88. The van der Waals surface area contributed by atoms with E-state index in [0.717, 1.165) is 11.4 Å². The summed E-state index contributed by atoms with van der Waals surface area (Å²) in [6.07, 6.45) is 0. The molecule has 1 aromatic heterocycles. The van der Waals surface area contributed by atoms with Crippen molar-refractivity contribution in [2.24, 2.45) is 0 Å². The molecular formula is C14H15NO. The molecule has 2 aromatic rings. The van der Waals surface area contributed by atoms with Crippen LogP contribution < -0.4 is 4.74 Å². The summed E-state index contributed by atoms with van der Waals surface area (Å²) >= 11 is 0. The third kappa shape index (κ3) is 2.60. The van der Waals surface area contributed by atoms with E-state index in [1.165, 1.54) is 0 Å². The van der Waals surface area contributed by atoms with Gasteiger partial charge in [0.15, 0.2) is 0 Å². The van der Waals surface area contributed by atoms with Crippen LogP contribution in [0.5, 0.6) is 11.6 Å². The summed E-state index contributed by atoms with van der Waals surface area (Å²) in [6.45, 7) is 4.24. The number of ether oxygens (including phenoxy) is 1. The lowest BCUT2D eigenvalue weighted by Gasteiger charge is -2.08. The molecule has 2 rings (SSSR count).